The van der Waals surface area contributed by atoms with Crippen LogP contribution in [0.3, 0.4) is 0 Å². The summed E-state index contributed by atoms with van der Waals surface area (Å²) in [5.41, 5.74) is 1.42. The molecule has 1 aliphatic carbocycles. The molecule has 0 bridgehead atoms. The molecule has 2 N–H and O–H groups in total. The zero-order chi connectivity index (χ0) is 11.7. The van der Waals surface area contributed by atoms with Gasteiger partial charge in [0, 0.05) is 11.1 Å². The number of fused-ring (bicyclic) bond motifs is 1. The van der Waals surface area contributed by atoms with Crippen LogP contribution in [0.1, 0.15) is 17.5 Å². The summed E-state index contributed by atoms with van der Waals surface area (Å²) in [4.78, 5) is 11.4. The van der Waals surface area contributed by atoms with E-state index in [4.69, 9.17) is 4.74 Å². The molecule has 1 unspecified atom stereocenters. The summed E-state index contributed by atoms with van der Waals surface area (Å²) in [5, 5.41) is 19.3. The molecule has 0 saturated heterocycles. The van der Waals surface area contributed by atoms with Gasteiger partial charge in [-0.3, -0.25) is 4.79 Å². The minimum atomic E-state index is -0.256. The van der Waals surface area contributed by atoms with E-state index < -0.39 is 0 Å². The van der Waals surface area contributed by atoms with E-state index in [1.54, 1.807) is 0 Å². The van der Waals surface area contributed by atoms with Gasteiger partial charge in [-0.15, -0.1) is 0 Å². The van der Waals surface area contributed by atoms with Crippen molar-refractivity contribution in [2.75, 3.05) is 7.11 Å². The Hall–Kier alpha value is -1.71. The first-order valence-electron chi connectivity index (χ1n) is 5.24. The molecule has 1 aliphatic rings. The van der Waals surface area contributed by atoms with Gasteiger partial charge in [0.25, 0.3) is 0 Å². The number of aromatic hydroxyl groups is 2. The summed E-state index contributed by atoms with van der Waals surface area (Å²) in [6, 6.07) is 2.93. The van der Waals surface area contributed by atoms with Crippen molar-refractivity contribution in [2.24, 2.45) is 5.92 Å². The lowest BCUT2D eigenvalue weighted by molar-refractivity contribution is -0.145. The minimum absolute atomic E-state index is 0.140. The third-order valence-electron chi connectivity index (χ3n) is 3.11. The SMILES string of the molecule is COC(=O)C1CCc2c(O)ccc(O)c2C1. The summed E-state index contributed by atoms with van der Waals surface area (Å²) in [5.74, 6) is -0.142. The maximum absolute atomic E-state index is 11.4. The lowest BCUT2D eigenvalue weighted by Gasteiger charge is -2.23. The van der Waals surface area contributed by atoms with Crippen molar-refractivity contribution < 1.29 is 19.7 Å². The van der Waals surface area contributed by atoms with Crippen LogP contribution in [0.25, 0.3) is 0 Å². The van der Waals surface area contributed by atoms with E-state index in [9.17, 15) is 15.0 Å². The van der Waals surface area contributed by atoms with Crippen LogP contribution in [0.2, 0.25) is 0 Å². The summed E-state index contributed by atoms with van der Waals surface area (Å²) >= 11 is 0. The Morgan fingerprint density at radius 2 is 1.94 bits per heavy atom. The van der Waals surface area contributed by atoms with Gasteiger partial charge in [0.15, 0.2) is 0 Å². The molecular weight excluding hydrogens is 208 g/mol. The van der Waals surface area contributed by atoms with Crippen LogP contribution in [-0.4, -0.2) is 23.3 Å². The van der Waals surface area contributed by atoms with Gasteiger partial charge in [-0.25, -0.2) is 0 Å². The molecule has 1 aromatic carbocycles. The first kappa shape index (κ1) is 10.8. The molecule has 0 spiro atoms. The largest absolute Gasteiger partial charge is 0.508 e. The van der Waals surface area contributed by atoms with Gasteiger partial charge < -0.3 is 14.9 Å². The molecule has 4 nitrogen and oxygen atoms in total. The van der Waals surface area contributed by atoms with Gasteiger partial charge in [-0.2, -0.15) is 0 Å². The Morgan fingerprint density at radius 3 is 2.56 bits per heavy atom. The van der Waals surface area contributed by atoms with E-state index in [-0.39, 0.29) is 23.4 Å². The Morgan fingerprint density at radius 1 is 1.31 bits per heavy atom. The molecule has 2 rings (SSSR count). The molecule has 0 aliphatic heterocycles. The van der Waals surface area contributed by atoms with E-state index in [1.807, 2.05) is 0 Å². The number of hydrogen-bond acceptors (Lipinski definition) is 4. The molecule has 16 heavy (non-hydrogen) atoms. The van der Waals surface area contributed by atoms with Crippen LogP contribution < -0.4 is 0 Å². The van der Waals surface area contributed by atoms with Gasteiger partial charge in [0.2, 0.25) is 0 Å². The highest BCUT2D eigenvalue weighted by molar-refractivity contribution is 5.73. The fourth-order valence-electron chi connectivity index (χ4n) is 2.21. The normalized spacial score (nSPS) is 18.9. The van der Waals surface area contributed by atoms with Crippen LogP contribution in [0.4, 0.5) is 0 Å². The summed E-state index contributed by atoms with van der Waals surface area (Å²) in [6.45, 7) is 0. The van der Waals surface area contributed by atoms with Crippen LogP contribution in [0, 0.1) is 5.92 Å². The molecule has 4 heteroatoms. The lowest BCUT2D eigenvalue weighted by Crippen LogP contribution is -2.23. The number of benzene rings is 1. The van der Waals surface area contributed by atoms with E-state index in [2.05, 4.69) is 0 Å². The van der Waals surface area contributed by atoms with Crippen LogP contribution in [0.5, 0.6) is 11.5 Å². The predicted octanol–water partition coefficient (Wildman–Crippen LogP) is 1.38. The third-order valence-corrected chi connectivity index (χ3v) is 3.11. The number of methoxy groups -OCH3 is 1. The first-order chi connectivity index (χ1) is 7.63. The number of carbonyl (C=O) groups is 1. The molecule has 0 heterocycles. The highest BCUT2D eigenvalue weighted by atomic mass is 16.5. The zero-order valence-corrected chi connectivity index (χ0v) is 9.06. The fourth-order valence-corrected chi connectivity index (χ4v) is 2.21. The Balaban J connectivity index is 2.33. The van der Waals surface area contributed by atoms with E-state index in [0.717, 1.165) is 5.56 Å². The number of phenols is 2. The summed E-state index contributed by atoms with van der Waals surface area (Å²) in [7, 11) is 1.36. The molecule has 0 fully saturated rings. The number of carbonyl (C=O) groups excluding carboxylic acids is 1. The number of phenolic OH excluding ortho intramolecular Hbond substituents is 2. The first-order valence-corrected chi connectivity index (χ1v) is 5.24. The number of esters is 1. The second-order valence-electron chi connectivity index (χ2n) is 4.02. The molecular formula is C12H14O4. The molecule has 0 radical (unpaired) electrons. The smallest absolute Gasteiger partial charge is 0.309 e. The van der Waals surface area contributed by atoms with Gasteiger partial charge >= 0.3 is 5.97 Å². The number of rotatable bonds is 1. The second kappa shape index (κ2) is 4.04. The van der Waals surface area contributed by atoms with Gasteiger partial charge in [0.05, 0.1) is 13.0 Å². The van der Waals surface area contributed by atoms with Gasteiger partial charge in [-0.05, 0) is 31.4 Å². The molecule has 0 aromatic heterocycles. The summed E-state index contributed by atoms with van der Waals surface area (Å²) in [6.07, 6.45) is 1.67. The van der Waals surface area contributed by atoms with Crippen molar-refractivity contribution in [1.82, 2.24) is 0 Å². The van der Waals surface area contributed by atoms with Crippen LogP contribution in [-0.2, 0) is 22.4 Å². The molecule has 1 atom stereocenters. The van der Waals surface area contributed by atoms with Crippen LogP contribution in [0.15, 0.2) is 12.1 Å². The number of ether oxygens (including phenoxy) is 1. The predicted molar refractivity (Wildman–Crippen MR) is 57.3 cm³/mol. The monoisotopic (exact) mass is 222 g/mol. The zero-order valence-electron chi connectivity index (χ0n) is 9.06. The molecule has 0 saturated carbocycles. The van der Waals surface area contributed by atoms with E-state index >= 15 is 0 Å². The van der Waals surface area contributed by atoms with Crippen molar-refractivity contribution in [1.29, 1.82) is 0 Å². The van der Waals surface area contributed by atoms with Gasteiger partial charge in [0.1, 0.15) is 11.5 Å². The number of hydrogen-bond donors (Lipinski definition) is 2. The highest BCUT2D eigenvalue weighted by Gasteiger charge is 2.28. The highest BCUT2D eigenvalue weighted by Crippen LogP contribution is 2.37. The van der Waals surface area contributed by atoms with Crippen molar-refractivity contribution in [3.05, 3.63) is 23.3 Å². The second-order valence-corrected chi connectivity index (χ2v) is 4.02. The maximum atomic E-state index is 11.4. The van der Waals surface area contributed by atoms with Crippen molar-refractivity contribution in [3.8, 4) is 11.5 Å². The van der Waals surface area contributed by atoms with Gasteiger partial charge in [-0.1, -0.05) is 0 Å². The van der Waals surface area contributed by atoms with Crippen LogP contribution >= 0.6 is 0 Å². The molecule has 1 aromatic rings. The fraction of sp³-hybridized carbons (Fsp3) is 0.417. The van der Waals surface area contributed by atoms with E-state index in [0.29, 0.717) is 24.8 Å². The quantitative estimate of drug-likeness (QED) is 0.556. The topological polar surface area (TPSA) is 66.8 Å². The Kier molecular flexibility index (Phi) is 2.73. The average Bonchev–Trinajstić information content (AvgIpc) is 2.32. The molecule has 86 valence electrons. The Bertz CT molecular complexity index is 425. The maximum Gasteiger partial charge on any atom is 0.309 e. The standard InChI is InChI=1S/C12H14O4/c1-16-12(15)7-2-3-8-9(6-7)11(14)5-4-10(8)13/h4-5,7,13-14H,2-3,6H2,1H3. The summed E-state index contributed by atoms with van der Waals surface area (Å²) < 4.78 is 4.69. The molecule has 0 amide bonds. The van der Waals surface area contributed by atoms with Crippen molar-refractivity contribution in [2.45, 2.75) is 19.3 Å². The minimum Gasteiger partial charge on any atom is -0.508 e. The Labute approximate surface area is 93.5 Å². The van der Waals surface area contributed by atoms with Crippen molar-refractivity contribution >= 4 is 5.97 Å². The lowest BCUT2D eigenvalue weighted by atomic mass is 9.83. The van der Waals surface area contributed by atoms with Crippen molar-refractivity contribution in [3.63, 3.8) is 0 Å². The third kappa shape index (κ3) is 1.71. The average molecular weight is 222 g/mol. The van der Waals surface area contributed by atoms with E-state index in [1.165, 1.54) is 19.2 Å².